The van der Waals surface area contributed by atoms with E-state index in [1.807, 2.05) is 0 Å². The molecule has 19 heavy (non-hydrogen) atoms. The lowest BCUT2D eigenvalue weighted by Crippen LogP contribution is -2.42. The summed E-state index contributed by atoms with van der Waals surface area (Å²) in [7, 11) is 0. The van der Waals surface area contributed by atoms with Gasteiger partial charge in [-0.1, -0.05) is 6.92 Å². The molecule has 5 heteroatoms. The van der Waals surface area contributed by atoms with Gasteiger partial charge in [0.2, 0.25) is 11.8 Å². The van der Waals surface area contributed by atoms with Crippen LogP contribution in [0.2, 0.25) is 0 Å². The molecular weight excluding hydrogens is 246 g/mol. The maximum Gasteiger partial charge on any atom is 0.226 e. The lowest BCUT2D eigenvalue weighted by Gasteiger charge is -2.36. The zero-order valence-electron chi connectivity index (χ0n) is 11.3. The van der Waals surface area contributed by atoms with Gasteiger partial charge >= 0.3 is 0 Å². The molecule has 0 spiro atoms. The average Bonchev–Trinajstić information content (AvgIpc) is 2.30. The number of aliphatic hydroxyl groups is 2. The second kappa shape index (κ2) is 6.01. The van der Waals surface area contributed by atoms with Crippen LogP contribution in [0.5, 0.6) is 0 Å². The van der Waals surface area contributed by atoms with Crippen LogP contribution in [-0.2, 0) is 9.59 Å². The second-order valence-electron chi connectivity index (χ2n) is 6.20. The summed E-state index contributed by atoms with van der Waals surface area (Å²) in [6, 6.07) is 0. The zero-order valence-corrected chi connectivity index (χ0v) is 11.3. The largest absolute Gasteiger partial charge is 0.393 e. The topological polar surface area (TPSA) is 86.6 Å². The summed E-state index contributed by atoms with van der Waals surface area (Å²) in [4.78, 5) is 22.6. The van der Waals surface area contributed by atoms with Gasteiger partial charge in [0.25, 0.3) is 0 Å². The summed E-state index contributed by atoms with van der Waals surface area (Å²) in [5.41, 5.74) is 0. The first-order valence-corrected chi connectivity index (χ1v) is 7.14. The van der Waals surface area contributed by atoms with Gasteiger partial charge < -0.3 is 10.2 Å². The minimum atomic E-state index is -0.624. The van der Waals surface area contributed by atoms with Gasteiger partial charge in [0.05, 0.1) is 12.2 Å². The predicted molar refractivity (Wildman–Crippen MR) is 69.0 cm³/mol. The fraction of sp³-hybridized carbons (Fsp3) is 0.857. The van der Waals surface area contributed by atoms with Gasteiger partial charge in [0, 0.05) is 18.8 Å². The van der Waals surface area contributed by atoms with E-state index in [9.17, 15) is 19.8 Å². The highest BCUT2D eigenvalue weighted by atomic mass is 16.3. The molecular formula is C14H23NO4. The number of nitrogens with one attached hydrogen (secondary N) is 1. The normalized spacial score (nSPS) is 35.0. The van der Waals surface area contributed by atoms with Gasteiger partial charge in [0.1, 0.15) is 0 Å². The van der Waals surface area contributed by atoms with Crippen LogP contribution in [0.4, 0.5) is 0 Å². The molecule has 5 nitrogen and oxygen atoms in total. The Balaban J connectivity index is 1.90. The van der Waals surface area contributed by atoms with Crippen molar-refractivity contribution in [3.8, 4) is 0 Å². The number of amides is 2. The van der Waals surface area contributed by atoms with Crippen molar-refractivity contribution >= 4 is 11.8 Å². The lowest BCUT2D eigenvalue weighted by molar-refractivity contribution is -0.135. The van der Waals surface area contributed by atoms with Crippen LogP contribution in [-0.4, -0.2) is 34.2 Å². The van der Waals surface area contributed by atoms with E-state index < -0.39 is 12.2 Å². The third kappa shape index (κ3) is 3.76. The van der Waals surface area contributed by atoms with E-state index >= 15 is 0 Å². The molecule has 2 amide bonds. The highest BCUT2D eigenvalue weighted by Crippen LogP contribution is 2.34. The zero-order chi connectivity index (χ0) is 14.0. The highest BCUT2D eigenvalue weighted by molar-refractivity contribution is 5.97. The van der Waals surface area contributed by atoms with Gasteiger partial charge in [-0.05, 0) is 37.5 Å². The Labute approximate surface area is 113 Å². The summed E-state index contributed by atoms with van der Waals surface area (Å²) in [5, 5.41) is 22.5. The smallest absolute Gasteiger partial charge is 0.226 e. The van der Waals surface area contributed by atoms with Crippen molar-refractivity contribution in [2.45, 2.75) is 57.7 Å². The minimum absolute atomic E-state index is 0.0966. The molecule has 0 radical (unpaired) electrons. The molecule has 0 aromatic carbocycles. The molecule has 1 aliphatic carbocycles. The van der Waals surface area contributed by atoms with Crippen molar-refractivity contribution in [3.63, 3.8) is 0 Å². The van der Waals surface area contributed by atoms with Gasteiger partial charge in [-0.3, -0.25) is 14.9 Å². The molecule has 1 saturated heterocycles. The van der Waals surface area contributed by atoms with Crippen molar-refractivity contribution in [2.75, 3.05) is 0 Å². The molecule has 4 atom stereocenters. The van der Waals surface area contributed by atoms with E-state index in [-0.39, 0.29) is 23.7 Å². The van der Waals surface area contributed by atoms with Crippen molar-refractivity contribution in [2.24, 2.45) is 17.8 Å². The van der Waals surface area contributed by atoms with Crippen LogP contribution in [0, 0.1) is 17.8 Å². The Morgan fingerprint density at radius 2 is 1.89 bits per heavy atom. The van der Waals surface area contributed by atoms with E-state index in [0.717, 1.165) is 19.3 Å². The van der Waals surface area contributed by atoms with Crippen molar-refractivity contribution in [3.05, 3.63) is 0 Å². The molecule has 2 fully saturated rings. The quantitative estimate of drug-likeness (QED) is 0.654. The van der Waals surface area contributed by atoms with Crippen LogP contribution < -0.4 is 5.32 Å². The Hall–Kier alpha value is -0.940. The SMILES string of the molecule is C[C@H]1CC[C@@H](O)[C@H]([C@H](O)CC2CC(=O)NC(=O)C2)C1. The first-order chi connectivity index (χ1) is 8.95. The second-order valence-corrected chi connectivity index (χ2v) is 6.20. The van der Waals surface area contributed by atoms with Gasteiger partial charge in [-0.25, -0.2) is 0 Å². The molecule has 1 aliphatic heterocycles. The summed E-state index contributed by atoms with van der Waals surface area (Å²) in [5.74, 6) is -0.221. The number of hydrogen-bond acceptors (Lipinski definition) is 4. The van der Waals surface area contributed by atoms with E-state index in [2.05, 4.69) is 12.2 Å². The standard InChI is InChI=1S/C14H23NO4/c1-8-2-3-11(16)10(4-8)12(17)5-9-6-13(18)15-14(19)7-9/h8-12,16-17H,2-7H2,1H3,(H,15,18,19)/t8-,10+,11+,12+/m0/s1. The third-order valence-electron chi connectivity index (χ3n) is 4.42. The summed E-state index contributed by atoms with van der Waals surface area (Å²) >= 11 is 0. The fourth-order valence-electron chi connectivity index (χ4n) is 3.36. The van der Waals surface area contributed by atoms with Crippen molar-refractivity contribution in [1.29, 1.82) is 0 Å². The van der Waals surface area contributed by atoms with Gasteiger partial charge in [0.15, 0.2) is 0 Å². The molecule has 1 heterocycles. The Morgan fingerprint density at radius 3 is 2.53 bits per heavy atom. The van der Waals surface area contributed by atoms with Gasteiger partial charge in [-0.2, -0.15) is 0 Å². The Kier molecular flexibility index (Phi) is 4.58. The van der Waals surface area contributed by atoms with Crippen LogP contribution >= 0.6 is 0 Å². The number of rotatable bonds is 3. The first-order valence-electron chi connectivity index (χ1n) is 7.14. The predicted octanol–water partition coefficient (Wildman–Crippen LogP) is 0.587. The number of carbonyl (C=O) groups excluding carboxylic acids is 2. The molecule has 2 rings (SSSR count). The number of hydrogen-bond donors (Lipinski definition) is 3. The minimum Gasteiger partial charge on any atom is -0.393 e. The van der Waals surface area contributed by atoms with Crippen LogP contribution in [0.25, 0.3) is 0 Å². The lowest BCUT2D eigenvalue weighted by atomic mass is 9.75. The van der Waals surface area contributed by atoms with E-state index in [1.54, 1.807) is 0 Å². The number of carbonyl (C=O) groups is 2. The summed E-state index contributed by atoms with van der Waals surface area (Å²) < 4.78 is 0. The van der Waals surface area contributed by atoms with Gasteiger partial charge in [-0.15, -0.1) is 0 Å². The van der Waals surface area contributed by atoms with Crippen molar-refractivity contribution < 1.29 is 19.8 Å². The molecule has 0 aromatic rings. The molecule has 3 N–H and O–H groups in total. The first kappa shape index (κ1) is 14.5. The third-order valence-corrected chi connectivity index (χ3v) is 4.42. The molecule has 2 aliphatic rings. The molecule has 108 valence electrons. The Bertz CT molecular complexity index is 341. The Morgan fingerprint density at radius 1 is 1.26 bits per heavy atom. The van der Waals surface area contributed by atoms with Crippen LogP contribution in [0.15, 0.2) is 0 Å². The molecule has 0 aromatic heterocycles. The van der Waals surface area contributed by atoms with Crippen LogP contribution in [0.1, 0.15) is 45.4 Å². The molecule has 1 saturated carbocycles. The molecule has 0 bridgehead atoms. The van der Waals surface area contributed by atoms with E-state index in [4.69, 9.17) is 0 Å². The van der Waals surface area contributed by atoms with E-state index in [1.165, 1.54) is 0 Å². The summed E-state index contributed by atoms with van der Waals surface area (Å²) in [6.45, 7) is 2.13. The summed E-state index contributed by atoms with van der Waals surface area (Å²) in [6.07, 6.45) is 2.47. The van der Waals surface area contributed by atoms with Crippen molar-refractivity contribution in [1.82, 2.24) is 5.32 Å². The fourth-order valence-corrected chi connectivity index (χ4v) is 3.36. The number of imide groups is 1. The maximum atomic E-state index is 11.3. The highest BCUT2D eigenvalue weighted by Gasteiger charge is 2.35. The van der Waals surface area contributed by atoms with E-state index in [0.29, 0.717) is 25.2 Å². The monoisotopic (exact) mass is 269 g/mol. The average molecular weight is 269 g/mol. The maximum absolute atomic E-state index is 11.3. The molecule has 0 unspecified atom stereocenters. The number of piperidine rings is 1. The number of aliphatic hydroxyl groups excluding tert-OH is 2. The van der Waals surface area contributed by atoms with Crippen LogP contribution in [0.3, 0.4) is 0 Å².